The molecule has 0 spiro atoms. The van der Waals surface area contributed by atoms with E-state index < -0.39 is 0 Å². The van der Waals surface area contributed by atoms with E-state index >= 15 is 0 Å². The Kier molecular flexibility index (Phi) is 4.75. The third-order valence-corrected chi connectivity index (χ3v) is 4.77. The van der Waals surface area contributed by atoms with E-state index in [2.05, 4.69) is 50.0 Å². The third kappa shape index (κ3) is 3.06. The lowest BCUT2D eigenvalue weighted by Gasteiger charge is -2.44. The molecule has 2 nitrogen and oxygen atoms in total. The highest BCUT2D eigenvalue weighted by Crippen LogP contribution is 2.34. The first kappa shape index (κ1) is 14.7. The SMILES string of the molecule is CCNC1CCN(c2cc(C)ccc2Cl)C(C)C1C. The standard InChI is InChI=1S/C16H25ClN2/c1-5-18-15-8-9-19(13(4)12(15)3)16-10-11(2)6-7-14(16)17/h6-7,10,12-13,15,18H,5,8-9H2,1-4H3. The van der Waals surface area contributed by atoms with Crippen molar-refractivity contribution in [2.75, 3.05) is 18.0 Å². The van der Waals surface area contributed by atoms with E-state index in [-0.39, 0.29) is 0 Å². The third-order valence-electron chi connectivity index (χ3n) is 4.45. The zero-order valence-corrected chi connectivity index (χ0v) is 13.2. The van der Waals surface area contributed by atoms with E-state index in [1.807, 2.05) is 6.07 Å². The van der Waals surface area contributed by atoms with Crippen LogP contribution in [-0.4, -0.2) is 25.2 Å². The fourth-order valence-electron chi connectivity index (χ4n) is 3.10. The lowest BCUT2D eigenvalue weighted by atomic mass is 9.86. The van der Waals surface area contributed by atoms with E-state index in [4.69, 9.17) is 11.6 Å². The molecule has 1 saturated heterocycles. The van der Waals surface area contributed by atoms with Gasteiger partial charge in [0.25, 0.3) is 0 Å². The minimum absolute atomic E-state index is 0.511. The molecule has 19 heavy (non-hydrogen) atoms. The van der Waals surface area contributed by atoms with Crippen LogP contribution in [0, 0.1) is 12.8 Å². The van der Waals surface area contributed by atoms with E-state index in [0.29, 0.717) is 18.0 Å². The molecule has 1 aliphatic rings. The Morgan fingerprint density at radius 1 is 1.37 bits per heavy atom. The second-order valence-electron chi connectivity index (χ2n) is 5.70. The van der Waals surface area contributed by atoms with Crippen LogP contribution in [0.5, 0.6) is 0 Å². The van der Waals surface area contributed by atoms with Crippen LogP contribution in [-0.2, 0) is 0 Å². The van der Waals surface area contributed by atoms with Crippen LogP contribution in [0.1, 0.15) is 32.8 Å². The molecule has 3 unspecified atom stereocenters. The molecule has 1 heterocycles. The van der Waals surface area contributed by atoms with Crippen molar-refractivity contribution >= 4 is 17.3 Å². The van der Waals surface area contributed by atoms with Gasteiger partial charge in [0.05, 0.1) is 10.7 Å². The average Bonchev–Trinajstić information content (AvgIpc) is 2.39. The number of hydrogen-bond donors (Lipinski definition) is 1. The van der Waals surface area contributed by atoms with Gasteiger partial charge in [0.1, 0.15) is 0 Å². The average molecular weight is 281 g/mol. The van der Waals surface area contributed by atoms with Gasteiger partial charge < -0.3 is 10.2 Å². The Labute approximate surface area is 122 Å². The molecule has 0 aliphatic carbocycles. The Balaban J connectivity index is 2.20. The van der Waals surface area contributed by atoms with Crippen molar-refractivity contribution in [1.29, 1.82) is 0 Å². The molecular weight excluding hydrogens is 256 g/mol. The van der Waals surface area contributed by atoms with E-state index in [1.54, 1.807) is 0 Å². The normalized spacial score (nSPS) is 27.6. The van der Waals surface area contributed by atoms with Crippen LogP contribution in [0.2, 0.25) is 5.02 Å². The van der Waals surface area contributed by atoms with Crippen molar-refractivity contribution < 1.29 is 0 Å². The topological polar surface area (TPSA) is 15.3 Å². The first-order valence-corrected chi connectivity index (χ1v) is 7.68. The number of aryl methyl sites for hydroxylation is 1. The number of hydrogen-bond acceptors (Lipinski definition) is 2. The Morgan fingerprint density at radius 3 is 2.79 bits per heavy atom. The summed E-state index contributed by atoms with van der Waals surface area (Å²) in [7, 11) is 0. The molecule has 1 aliphatic heterocycles. The summed E-state index contributed by atoms with van der Waals surface area (Å²) in [5, 5.41) is 4.47. The van der Waals surface area contributed by atoms with Crippen LogP contribution in [0.4, 0.5) is 5.69 Å². The zero-order chi connectivity index (χ0) is 14.0. The van der Waals surface area contributed by atoms with E-state index in [1.165, 1.54) is 17.7 Å². The second-order valence-corrected chi connectivity index (χ2v) is 6.11. The lowest BCUT2D eigenvalue weighted by Crippen LogP contribution is -2.53. The highest BCUT2D eigenvalue weighted by molar-refractivity contribution is 6.33. The van der Waals surface area contributed by atoms with Crippen molar-refractivity contribution in [1.82, 2.24) is 5.32 Å². The lowest BCUT2D eigenvalue weighted by molar-refractivity contribution is 0.274. The summed E-state index contributed by atoms with van der Waals surface area (Å²) in [5.41, 5.74) is 2.46. The fourth-order valence-corrected chi connectivity index (χ4v) is 3.32. The largest absolute Gasteiger partial charge is 0.367 e. The van der Waals surface area contributed by atoms with Crippen LogP contribution >= 0.6 is 11.6 Å². The number of rotatable bonds is 3. The highest BCUT2D eigenvalue weighted by Gasteiger charge is 2.32. The van der Waals surface area contributed by atoms with Gasteiger partial charge in [-0.3, -0.25) is 0 Å². The van der Waals surface area contributed by atoms with Crippen molar-refractivity contribution in [3.63, 3.8) is 0 Å². The Morgan fingerprint density at radius 2 is 2.11 bits per heavy atom. The summed E-state index contributed by atoms with van der Waals surface area (Å²) in [6.45, 7) is 11.1. The van der Waals surface area contributed by atoms with Crippen LogP contribution in [0.15, 0.2) is 18.2 Å². The molecule has 0 bridgehead atoms. The maximum absolute atomic E-state index is 6.38. The molecule has 1 aromatic carbocycles. The highest BCUT2D eigenvalue weighted by atomic mass is 35.5. The maximum atomic E-state index is 6.38. The summed E-state index contributed by atoms with van der Waals surface area (Å²) >= 11 is 6.38. The first-order valence-electron chi connectivity index (χ1n) is 7.30. The summed E-state index contributed by atoms with van der Waals surface area (Å²) in [5.74, 6) is 0.630. The van der Waals surface area contributed by atoms with Gasteiger partial charge >= 0.3 is 0 Å². The quantitative estimate of drug-likeness (QED) is 0.904. The second kappa shape index (κ2) is 6.15. The monoisotopic (exact) mass is 280 g/mol. The van der Waals surface area contributed by atoms with Gasteiger partial charge in [0.15, 0.2) is 0 Å². The number of nitrogens with one attached hydrogen (secondary N) is 1. The van der Waals surface area contributed by atoms with Crippen molar-refractivity contribution in [3.8, 4) is 0 Å². The minimum atomic E-state index is 0.511. The van der Waals surface area contributed by atoms with Crippen LogP contribution in [0.25, 0.3) is 0 Å². The predicted octanol–water partition coefficient (Wildman–Crippen LogP) is 3.86. The molecule has 3 atom stereocenters. The molecule has 3 heteroatoms. The number of halogens is 1. The molecule has 1 aromatic rings. The fraction of sp³-hybridized carbons (Fsp3) is 0.625. The molecule has 0 saturated carbocycles. The van der Waals surface area contributed by atoms with Crippen LogP contribution in [0.3, 0.4) is 0 Å². The van der Waals surface area contributed by atoms with Gasteiger partial charge in [0, 0.05) is 18.6 Å². The number of nitrogens with zero attached hydrogens (tertiary/aromatic N) is 1. The van der Waals surface area contributed by atoms with Gasteiger partial charge in [-0.1, -0.05) is 31.5 Å². The minimum Gasteiger partial charge on any atom is -0.367 e. The Hall–Kier alpha value is -0.730. The summed E-state index contributed by atoms with van der Waals surface area (Å²) in [6.07, 6.45) is 1.18. The molecule has 106 valence electrons. The predicted molar refractivity (Wildman–Crippen MR) is 84.2 cm³/mol. The van der Waals surface area contributed by atoms with Crippen molar-refractivity contribution in [2.45, 2.75) is 46.2 Å². The molecule has 0 radical (unpaired) electrons. The number of piperidine rings is 1. The summed E-state index contributed by atoms with van der Waals surface area (Å²) in [4.78, 5) is 2.47. The molecule has 2 rings (SSSR count). The maximum Gasteiger partial charge on any atom is 0.0639 e. The summed E-state index contributed by atoms with van der Waals surface area (Å²) < 4.78 is 0. The van der Waals surface area contributed by atoms with Gasteiger partial charge in [-0.2, -0.15) is 0 Å². The van der Waals surface area contributed by atoms with Gasteiger partial charge in [-0.25, -0.2) is 0 Å². The van der Waals surface area contributed by atoms with E-state index in [0.717, 1.165) is 18.1 Å². The smallest absolute Gasteiger partial charge is 0.0639 e. The zero-order valence-electron chi connectivity index (χ0n) is 12.4. The summed E-state index contributed by atoms with van der Waals surface area (Å²) in [6, 6.07) is 7.43. The molecule has 0 amide bonds. The molecule has 1 fully saturated rings. The molecular formula is C16H25ClN2. The van der Waals surface area contributed by atoms with Crippen LogP contribution < -0.4 is 10.2 Å². The van der Waals surface area contributed by atoms with E-state index in [9.17, 15) is 0 Å². The molecule has 1 N–H and O–H groups in total. The van der Waals surface area contributed by atoms with Gasteiger partial charge in [-0.05, 0) is 50.4 Å². The first-order chi connectivity index (χ1) is 9.04. The van der Waals surface area contributed by atoms with Crippen molar-refractivity contribution in [3.05, 3.63) is 28.8 Å². The van der Waals surface area contributed by atoms with Gasteiger partial charge in [-0.15, -0.1) is 0 Å². The van der Waals surface area contributed by atoms with Crippen molar-refractivity contribution in [2.24, 2.45) is 5.92 Å². The Bertz CT molecular complexity index is 433. The number of benzene rings is 1. The van der Waals surface area contributed by atoms with Gasteiger partial charge in [0.2, 0.25) is 0 Å². The molecule has 0 aromatic heterocycles. The number of anilines is 1.